The highest BCUT2D eigenvalue weighted by Gasteiger charge is 2.07. The maximum atomic E-state index is 4.47. The van der Waals surface area contributed by atoms with Crippen molar-refractivity contribution in [2.24, 2.45) is 10.9 Å². The molecule has 1 unspecified atom stereocenters. The summed E-state index contributed by atoms with van der Waals surface area (Å²) >= 11 is 1.71. The summed E-state index contributed by atoms with van der Waals surface area (Å²) in [5.41, 5.74) is 1.16. The van der Waals surface area contributed by atoms with E-state index in [-0.39, 0.29) is 24.0 Å². The number of nitrogens with one attached hydrogen (secondary N) is 2. The molecule has 0 aliphatic heterocycles. The first-order chi connectivity index (χ1) is 10.2. The van der Waals surface area contributed by atoms with Gasteiger partial charge in [0.2, 0.25) is 0 Å². The topological polar surface area (TPSA) is 49.3 Å². The molecule has 0 saturated heterocycles. The summed E-state index contributed by atoms with van der Waals surface area (Å²) in [6.07, 6.45) is 6.06. The van der Waals surface area contributed by atoms with Crippen LogP contribution in [0.4, 0.5) is 0 Å². The van der Waals surface area contributed by atoms with Crippen LogP contribution < -0.4 is 10.6 Å². The zero-order chi connectivity index (χ0) is 15.5. The Kier molecular flexibility index (Phi) is 12.9. The van der Waals surface area contributed by atoms with E-state index >= 15 is 0 Å². The van der Waals surface area contributed by atoms with Crippen LogP contribution >= 0.6 is 35.3 Å². The van der Waals surface area contributed by atoms with Gasteiger partial charge in [0, 0.05) is 31.9 Å². The first-order valence-electron chi connectivity index (χ1n) is 8.05. The van der Waals surface area contributed by atoms with Gasteiger partial charge < -0.3 is 10.6 Å². The molecule has 0 saturated carbocycles. The summed E-state index contributed by atoms with van der Waals surface area (Å²) in [6, 6.07) is 0. The van der Waals surface area contributed by atoms with Crippen molar-refractivity contribution < 1.29 is 0 Å². The molecule has 1 aromatic heterocycles. The van der Waals surface area contributed by atoms with Crippen LogP contribution in [0, 0.1) is 12.8 Å². The van der Waals surface area contributed by atoms with E-state index < -0.39 is 0 Å². The van der Waals surface area contributed by atoms with Gasteiger partial charge in [-0.2, -0.15) is 0 Å². The van der Waals surface area contributed by atoms with Crippen molar-refractivity contribution >= 4 is 41.3 Å². The summed E-state index contributed by atoms with van der Waals surface area (Å²) in [5.74, 6) is 1.64. The van der Waals surface area contributed by atoms with E-state index in [4.69, 9.17) is 0 Å². The average Bonchev–Trinajstić information content (AvgIpc) is 2.91. The Morgan fingerprint density at radius 2 is 2.14 bits per heavy atom. The Bertz CT molecular complexity index is 420. The molecule has 1 atom stereocenters. The second-order valence-corrected chi connectivity index (χ2v) is 6.47. The lowest BCUT2D eigenvalue weighted by molar-refractivity contribution is 0.444. The number of rotatable bonds is 9. The lowest BCUT2D eigenvalue weighted by Gasteiger charge is -2.17. The maximum Gasteiger partial charge on any atom is 0.190 e. The molecule has 22 heavy (non-hydrogen) atoms. The molecule has 0 aliphatic carbocycles. The fraction of sp³-hybridized carbons (Fsp3) is 0.750. The van der Waals surface area contributed by atoms with E-state index in [2.05, 4.69) is 39.8 Å². The van der Waals surface area contributed by atoms with Crippen molar-refractivity contribution in [3.8, 4) is 0 Å². The number of nitrogens with zero attached hydrogens (tertiary/aromatic N) is 2. The van der Waals surface area contributed by atoms with Gasteiger partial charge in [-0.05, 0) is 19.3 Å². The minimum atomic E-state index is 0. The fourth-order valence-electron chi connectivity index (χ4n) is 2.24. The first kappa shape index (κ1) is 21.6. The number of aryl methyl sites for hydroxylation is 1. The molecule has 6 heteroatoms. The van der Waals surface area contributed by atoms with Crippen molar-refractivity contribution in [3.05, 3.63) is 16.1 Å². The predicted molar refractivity (Wildman–Crippen MR) is 109 cm³/mol. The third-order valence-electron chi connectivity index (χ3n) is 3.67. The third-order valence-corrected chi connectivity index (χ3v) is 4.49. The highest BCUT2D eigenvalue weighted by Crippen LogP contribution is 2.11. The Balaban J connectivity index is 0.00000441. The molecule has 0 radical (unpaired) electrons. The minimum Gasteiger partial charge on any atom is -0.356 e. The van der Waals surface area contributed by atoms with Gasteiger partial charge in [-0.3, -0.25) is 4.99 Å². The van der Waals surface area contributed by atoms with Gasteiger partial charge in [-0.15, -0.1) is 35.3 Å². The Morgan fingerprint density at radius 1 is 1.36 bits per heavy atom. The zero-order valence-corrected chi connectivity index (χ0v) is 17.5. The zero-order valence-electron chi connectivity index (χ0n) is 14.3. The van der Waals surface area contributed by atoms with E-state index in [0.717, 1.165) is 42.1 Å². The van der Waals surface area contributed by atoms with E-state index in [9.17, 15) is 0 Å². The van der Waals surface area contributed by atoms with Gasteiger partial charge in [0.1, 0.15) is 0 Å². The number of guanidine groups is 1. The van der Waals surface area contributed by atoms with Gasteiger partial charge >= 0.3 is 0 Å². The highest BCUT2D eigenvalue weighted by atomic mass is 127. The van der Waals surface area contributed by atoms with Crippen LogP contribution in [0.2, 0.25) is 0 Å². The van der Waals surface area contributed by atoms with Crippen LogP contribution in [-0.2, 0) is 6.42 Å². The van der Waals surface area contributed by atoms with E-state index in [0.29, 0.717) is 0 Å². The summed E-state index contributed by atoms with van der Waals surface area (Å²) < 4.78 is 0. The minimum absolute atomic E-state index is 0. The quantitative estimate of drug-likeness (QED) is 0.348. The number of halogens is 1. The van der Waals surface area contributed by atoms with E-state index in [1.54, 1.807) is 11.3 Å². The standard InChI is InChI=1S/C16H30N4S.HI/c1-5-7-8-14(6-2)11-19-16(17-4)18-10-9-15-12-21-13(3)20-15;/h12,14H,5-11H2,1-4H3,(H2,17,18,19);1H. The molecule has 0 spiro atoms. The molecule has 1 heterocycles. The van der Waals surface area contributed by atoms with Crippen LogP contribution in [0.15, 0.2) is 10.4 Å². The van der Waals surface area contributed by atoms with Crippen molar-refractivity contribution in [1.82, 2.24) is 15.6 Å². The smallest absolute Gasteiger partial charge is 0.190 e. The van der Waals surface area contributed by atoms with Crippen LogP contribution in [0.5, 0.6) is 0 Å². The normalized spacial score (nSPS) is 12.6. The van der Waals surface area contributed by atoms with Gasteiger partial charge in [0.05, 0.1) is 10.7 Å². The van der Waals surface area contributed by atoms with E-state index in [1.807, 2.05) is 14.0 Å². The van der Waals surface area contributed by atoms with E-state index in [1.165, 1.54) is 25.7 Å². The summed E-state index contributed by atoms with van der Waals surface area (Å²) in [6.45, 7) is 8.44. The number of hydrogen-bond acceptors (Lipinski definition) is 3. The third kappa shape index (κ3) is 8.92. The maximum absolute atomic E-state index is 4.47. The Hall–Kier alpha value is -0.370. The number of aromatic nitrogens is 1. The molecule has 4 nitrogen and oxygen atoms in total. The highest BCUT2D eigenvalue weighted by molar-refractivity contribution is 14.0. The monoisotopic (exact) mass is 438 g/mol. The van der Waals surface area contributed by atoms with Gasteiger partial charge in [0.25, 0.3) is 0 Å². The number of unbranched alkanes of at least 4 members (excludes halogenated alkanes) is 1. The molecular formula is C16H31IN4S. The average molecular weight is 438 g/mol. The molecule has 0 aliphatic rings. The number of aliphatic imine (C=N–C) groups is 1. The van der Waals surface area contributed by atoms with Crippen molar-refractivity contribution in [1.29, 1.82) is 0 Å². The number of thiazole rings is 1. The Labute approximate surface area is 156 Å². The van der Waals surface area contributed by atoms with Crippen molar-refractivity contribution in [2.75, 3.05) is 20.1 Å². The van der Waals surface area contributed by atoms with Crippen LogP contribution in [0.1, 0.15) is 50.2 Å². The second kappa shape index (κ2) is 13.1. The first-order valence-corrected chi connectivity index (χ1v) is 8.93. The van der Waals surface area contributed by atoms with Crippen LogP contribution in [0.25, 0.3) is 0 Å². The molecule has 1 rings (SSSR count). The molecule has 0 amide bonds. The molecular weight excluding hydrogens is 407 g/mol. The van der Waals surface area contributed by atoms with Crippen molar-refractivity contribution in [2.45, 2.75) is 52.9 Å². The van der Waals surface area contributed by atoms with Gasteiger partial charge in [0.15, 0.2) is 5.96 Å². The molecule has 2 N–H and O–H groups in total. The molecule has 0 bridgehead atoms. The van der Waals surface area contributed by atoms with Gasteiger partial charge in [-0.1, -0.05) is 33.1 Å². The van der Waals surface area contributed by atoms with Crippen LogP contribution in [0.3, 0.4) is 0 Å². The van der Waals surface area contributed by atoms with Gasteiger partial charge in [-0.25, -0.2) is 4.98 Å². The largest absolute Gasteiger partial charge is 0.356 e. The predicted octanol–water partition coefficient (Wildman–Crippen LogP) is 3.99. The lowest BCUT2D eigenvalue weighted by Crippen LogP contribution is -2.40. The molecule has 1 aromatic rings. The molecule has 0 fully saturated rings. The summed E-state index contributed by atoms with van der Waals surface area (Å²) in [7, 11) is 1.83. The molecule has 128 valence electrons. The molecule has 0 aromatic carbocycles. The SMILES string of the molecule is CCCCC(CC)CNC(=NC)NCCc1csc(C)n1.I. The fourth-order valence-corrected chi connectivity index (χ4v) is 2.88. The second-order valence-electron chi connectivity index (χ2n) is 5.40. The lowest BCUT2D eigenvalue weighted by atomic mass is 9.99. The summed E-state index contributed by atoms with van der Waals surface area (Å²) in [5, 5.41) is 10.1. The Morgan fingerprint density at radius 3 is 2.68 bits per heavy atom. The van der Waals surface area contributed by atoms with Crippen molar-refractivity contribution in [3.63, 3.8) is 0 Å². The summed E-state index contributed by atoms with van der Waals surface area (Å²) in [4.78, 5) is 8.76. The van der Waals surface area contributed by atoms with Crippen LogP contribution in [-0.4, -0.2) is 31.1 Å². The number of hydrogen-bond donors (Lipinski definition) is 2.